The molecule has 0 atom stereocenters. The average molecular weight is 130 g/mol. The summed E-state index contributed by atoms with van der Waals surface area (Å²) in [6.45, 7) is -0.401. The van der Waals surface area contributed by atoms with E-state index in [1.54, 1.807) is 0 Å². The fraction of sp³-hybridized carbons (Fsp3) is 0.667. The van der Waals surface area contributed by atoms with E-state index in [9.17, 15) is 4.79 Å². The second-order valence-electron chi connectivity index (χ2n) is 0.838. The number of aliphatic hydroxyl groups is 1. The molecule has 0 aliphatic heterocycles. The molecule has 0 radical (unpaired) electrons. The zero-order valence-electron chi connectivity index (χ0n) is 3.63. The number of hydrogen-bond donors (Lipinski definition) is 2. The van der Waals surface area contributed by atoms with Crippen LogP contribution in [0.1, 0.15) is 0 Å². The van der Waals surface area contributed by atoms with Gasteiger partial charge in [-0.2, -0.15) is 0 Å². The van der Waals surface area contributed by atoms with E-state index in [1.165, 1.54) is 0 Å². The number of aliphatic hydroxyl groups excluding tert-OH is 1. The van der Waals surface area contributed by atoms with Crippen molar-refractivity contribution in [1.29, 1.82) is 0 Å². The molecule has 44 valence electrons. The van der Waals surface area contributed by atoms with Crippen molar-refractivity contribution < 1.29 is 19.7 Å². The second-order valence-corrected chi connectivity index (χ2v) is 0.838. The summed E-state index contributed by atoms with van der Waals surface area (Å²) in [5, 5.41) is 15.6. The first-order valence-corrected chi connectivity index (χ1v) is 1.74. The molecule has 0 aromatic rings. The predicted molar refractivity (Wildman–Crippen MR) is 28.2 cm³/mol. The Morgan fingerprint density at radius 3 is 2.25 bits per heavy atom. The van der Waals surface area contributed by atoms with Gasteiger partial charge in [0.25, 0.3) is 0 Å². The molecule has 8 heavy (non-hydrogen) atoms. The number of ether oxygens (including phenoxy) is 1. The van der Waals surface area contributed by atoms with Gasteiger partial charge in [-0.25, -0.2) is 4.79 Å². The Bertz CT molecular complexity index is 64.3. The molecule has 0 aliphatic rings. The maximum atomic E-state index is 9.42. The van der Waals surface area contributed by atoms with Crippen LogP contribution in [0.3, 0.4) is 0 Å². The van der Waals surface area contributed by atoms with Crippen molar-refractivity contribution in [2.24, 2.45) is 0 Å². The Hall–Kier alpha value is 0.230. The zero-order valence-corrected chi connectivity index (χ0v) is 3.63. The normalized spacial score (nSPS) is 7.12. The molecule has 0 spiro atoms. The summed E-state index contributed by atoms with van der Waals surface area (Å²) in [5.41, 5.74) is 0. The Morgan fingerprint density at radius 1 is 1.62 bits per heavy atom. The molecule has 0 saturated carbocycles. The molecule has 0 aliphatic carbocycles. The number of carboxylic acid groups (broad SMARTS) is 1. The number of rotatable bonds is 2. The van der Waals surface area contributed by atoms with Crippen molar-refractivity contribution in [3.05, 3.63) is 0 Å². The number of hydrogen-bond acceptors (Lipinski definition) is 3. The van der Waals surface area contributed by atoms with Crippen LogP contribution in [-0.2, 0) is 4.74 Å². The molecule has 4 nitrogen and oxygen atoms in total. The van der Waals surface area contributed by atoms with E-state index in [4.69, 9.17) is 10.2 Å². The fourth-order valence-electron chi connectivity index (χ4n) is 0.133. The van der Waals surface area contributed by atoms with Gasteiger partial charge in [0.1, 0.15) is 6.61 Å². The monoisotopic (exact) mass is 130 g/mol. The van der Waals surface area contributed by atoms with Gasteiger partial charge >= 0.3 is 35.7 Å². The molecule has 0 aromatic carbocycles. The summed E-state index contributed by atoms with van der Waals surface area (Å²) in [7, 11) is 0. The third kappa shape index (κ3) is 9.52. The van der Waals surface area contributed by atoms with Crippen molar-refractivity contribution in [3.63, 3.8) is 0 Å². The number of carbonyl (C=O) groups is 1. The summed E-state index contributed by atoms with van der Waals surface area (Å²) < 4.78 is 3.86. The quantitative estimate of drug-likeness (QED) is 0.372. The van der Waals surface area contributed by atoms with Crippen molar-refractivity contribution >= 4 is 35.7 Å². The molecule has 0 unspecified atom stereocenters. The third-order valence-corrected chi connectivity index (χ3v) is 0.317. The van der Waals surface area contributed by atoms with Crippen LogP contribution in [0.15, 0.2) is 0 Å². The van der Waals surface area contributed by atoms with E-state index in [0.29, 0.717) is 0 Å². The zero-order chi connectivity index (χ0) is 5.70. The molecular weight excluding hydrogens is 123 g/mol. The average Bonchev–Trinajstić information content (AvgIpc) is 1.61. The molecule has 0 bridgehead atoms. The Kier molecular flexibility index (Phi) is 10.0. The molecule has 5 heteroatoms. The van der Waals surface area contributed by atoms with Gasteiger partial charge in [0, 0.05) is 0 Å². The SMILES string of the molecule is O=C(O)OCCO.[NaH]. The Balaban J connectivity index is 0. The first-order valence-electron chi connectivity index (χ1n) is 1.74. The second kappa shape index (κ2) is 7.23. The molecular formula is C3H7NaO4. The van der Waals surface area contributed by atoms with Crippen LogP contribution in [0.5, 0.6) is 0 Å². The van der Waals surface area contributed by atoms with Gasteiger partial charge in [0.2, 0.25) is 0 Å². The maximum absolute atomic E-state index is 9.42. The van der Waals surface area contributed by atoms with Crippen molar-refractivity contribution in [2.75, 3.05) is 13.2 Å². The van der Waals surface area contributed by atoms with Crippen LogP contribution in [0.25, 0.3) is 0 Å². The molecule has 0 amide bonds. The van der Waals surface area contributed by atoms with Crippen molar-refractivity contribution in [2.45, 2.75) is 0 Å². The molecule has 2 N–H and O–H groups in total. The Labute approximate surface area is 68.7 Å². The van der Waals surface area contributed by atoms with E-state index in [0.717, 1.165) is 0 Å². The first kappa shape index (κ1) is 11.1. The van der Waals surface area contributed by atoms with Gasteiger partial charge in [0.05, 0.1) is 6.61 Å². The van der Waals surface area contributed by atoms with E-state index < -0.39 is 6.16 Å². The van der Waals surface area contributed by atoms with Gasteiger partial charge in [-0.1, -0.05) is 0 Å². The summed E-state index contributed by atoms with van der Waals surface area (Å²) in [6.07, 6.45) is -1.35. The van der Waals surface area contributed by atoms with Gasteiger partial charge < -0.3 is 14.9 Å². The van der Waals surface area contributed by atoms with Crippen LogP contribution < -0.4 is 0 Å². The van der Waals surface area contributed by atoms with E-state index in [2.05, 4.69) is 4.74 Å². The topological polar surface area (TPSA) is 66.8 Å². The van der Waals surface area contributed by atoms with Gasteiger partial charge in [-0.3, -0.25) is 0 Å². The fourth-order valence-corrected chi connectivity index (χ4v) is 0.133. The minimum atomic E-state index is -1.35. The molecule has 0 heterocycles. The van der Waals surface area contributed by atoms with E-state index in [1.807, 2.05) is 0 Å². The van der Waals surface area contributed by atoms with E-state index in [-0.39, 0.29) is 42.8 Å². The summed E-state index contributed by atoms with van der Waals surface area (Å²) in [4.78, 5) is 9.42. The van der Waals surface area contributed by atoms with Crippen LogP contribution in [0, 0.1) is 0 Å². The van der Waals surface area contributed by atoms with Crippen LogP contribution in [0.2, 0.25) is 0 Å². The Morgan fingerprint density at radius 2 is 2.12 bits per heavy atom. The third-order valence-electron chi connectivity index (χ3n) is 0.317. The van der Waals surface area contributed by atoms with Crippen LogP contribution in [0.4, 0.5) is 4.79 Å². The van der Waals surface area contributed by atoms with Gasteiger partial charge in [-0.15, -0.1) is 0 Å². The van der Waals surface area contributed by atoms with Crippen LogP contribution in [-0.4, -0.2) is 59.1 Å². The van der Waals surface area contributed by atoms with Crippen molar-refractivity contribution in [1.82, 2.24) is 0 Å². The molecule has 0 aromatic heterocycles. The van der Waals surface area contributed by atoms with E-state index >= 15 is 0 Å². The predicted octanol–water partition coefficient (Wildman–Crippen LogP) is -0.975. The summed E-state index contributed by atoms with van der Waals surface area (Å²) in [5.74, 6) is 0. The van der Waals surface area contributed by atoms with Gasteiger partial charge in [-0.05, 0) is 0 Å². The molecule has 0 saturated heterocycles. The minimum absolute atomic E-state index is 0. The standard InChI is InChI=1S/C3H6O4.Na.H/c4-1-2-7-3(5)6;;/h4H,1-2H2,(H,5,6);;. The summed E-state index contributed by atoms with van der Waals surface area (Å²) >= 11 is 0. The molecule has 0 rings (SSSR count). The van der Waals surface area contributed by atoms with Gasteiger partial charge in [0.15, 0.2) is 0 Å². The first-order chi connectivity index (χ1) is 3.27. The van der Waals surface area contributed by atoms with Crippen molar-refractivity contribution in [3.8, 4) is 0 Å². The van der Waals surface area contributed by atoms with Crippen LogP contribution >= 0.6 is 0 Å². The summed E-state index contributed by atoms with van der Waals surface area (Å²) in [6, 6.07) is 0. The molecule has 0 fully saturated rings.